The first kappa shape index (κ1) is 15.5. The van der Waals surface area contributed by atoms with Gasteiger partial charge in [-0.05, 0) is 6.07 Å². The fourth-order valence-electron chi connectivity index (χ4n) is 1.92. The van der Waals surface area contributed by atoms with Crippen LogP contribution in [0.15, 0.2) is 28.7 Å². The number of amides is 3. The Kier molecular flexibility index (Phi) is 4.74. The molecule has 0 atom stereocenters. The number of nitrogens with one attached hydrogen (secondary N) is 1. The van der Waals surface area contributed by atoms with Crippen LogP contribution in [0.3, 0.4) is 0 Å². The summed E-state index contributed by atoms with van der Waals surface area (Å²) in [6, 6.07) is 6.02. The number of hydrogen-bond donors (Lipinski definition) is 2. The number of nitrogens with two attached hydrogens (primary N) is 1. The standard InChI is InChI=1S/C14H14N2O6/c1-20-6-9-8-4-2-3-5-10(8)22-12(9)13(18)21-7-11(17)16-14(15)19/h2-5H,6-7H2,1H3,(H3,15,16,17,19). The number of para-hydroxylation sites is 1. The number of methoxy groups -OCH3 is 1. The van der Waals surface area contributed by atoms with Gasteiger partial charge in [0.15, 0.2) is 6.61 Å². The number of rotatable bonds is 5. The normalized spacial score (nSPS) is 10.4. The van der Waals surface area contributed by atoms with Crippen molar-refractivity contribution in [2.24, 2.45) is 5.73 Å². The molecule has 0 spiro atoms. The molecule has 0 unspecified atom stereocenters. The van der Waals surface area contributed by atoms with Crippen molar-refractivity contribution >= 4 is 28.9 Å². The Morgan fingerprint density at radius 2 is 2.00 bits per heavy atom. The number of furan rings is 1. The van der Waals surface area contributed by atoms with Crippen LogP contribution in [0.5, 0.6) is 0 Å². The van der Waals surface area contributed by atoms with Gasteiger partial charge >= 0.3 is 12.0 Å². The van der Waals surface area contributed by atoms with Gasteiger partial charge in [-0.15, -0.1) is 0 Å². The predicted octanol–water partition coefficient (Wildman–Crippen LogP) is 0.931. The van der Waals surface area contributed by atoms with Gasteiger partial charge in [0.25, 0.3) is 5.91 Å². The van der Waals surface area contributed by atoms with E-state index < -0.39 is 24.5 Å². The minimum absolute atomic E-state index is 0.0464. The Labute approximate surface area is 125 Å². The van der Waals surface area contributed by atoms with Gasteiger partial charge in [0.2, 0.25) is 5.76 Å². The monoisotopic (exact) mass is 306 g/mol. The lowest BCUT2D eigenvalue weighted by Crippen LogP contribution is -2.37. The van der Waals surface area contributed by atoms with Gasteiger partial charge in [-0.3, -0.25) is 10.1 Å². The van der Waals surface area contributed by atoms with Crippen LogP contribution in [0.1, 0.15) is 16.1 Å². The number of carbonyl (C=O) groups is 3. The SMILES string of the molecule is COCc1c(C(=O)OCC(=O)NC(N)=O)oc2ccccc12. The third-order valence-electron chi connectivity index (χ3n) is 2.77. The molecule has 0 fully saturated rings. The highest BCUT2D eigenvalue weighted by Crippen LogP contribution is 2.27. The molecule has 3 amide bonds. The van der Waals surface area contributed by atoms with Crippen molar-refractivity contribution in [3.05, 3.63) is 35.6 Å². The van der Waals surface area contributed by atoms with Gasteiger partial charge in [-0.2, -0.15) is 0 Å². The van der Waals surface area contributed by atoms with E-state index in [1.807, 2.05) is 0 Å². The molecule has 1 aromatic carbocycles. The fraction of sp³-hybridized carbons (Fsp3) is 0.214. The van der Waals surface area contributed by atoms with Crippen molar-refractivity contribution in [2.45, 2.75) is 6.61 Å². The number of urea groups is 1. The molecule has 0 saturated heterocycles. The molecule has 1 heterocycles. The van der Waals surface area contributed by atoms with E-state index in [2.05, 4.69) is 0 Å². The van der Waals surface area contributed by atoms with E-state index in [0.29, 0.717) is 11.1 Å². The second-order valence-electron chi connectivity index (χ2n) is 4.33. The highest BCUT2D eigenvalue weighted by atomic mass is 16.5. The summed E-state index contributed by atoms with van der Waals surface area (Å²) in [7, 11) is 1.48. The van der Waals surface area contributed by atoms with Crippen LogP contribution in [0.2, 0.25) is 0 Å². The average Bonchev–Trinajstić information content (AvgIpc) is 2.84. The predicted molar refractivity (Wildman–Crippen MR) is 74.9 cm³/mol. The molecule has 8 nitrogen and oxygen atoms in total. The lowest BCUT2D eigenvalue weighted by Gasteiger charge is -2.04. The lowest BCUT2D eigenvalue weighted by atomic mass is 10.1. The van der Waals surface area contributed by atoms with Crippen LogP contribution < -0.4 is 11.1 Å². The highest BCUT2D eigenvalue weighted by Gasteiger charge is 2.22. The summed E-state index contributed by atoms with van der Waals surface area (Å²) in [6.45, 7) is -0.500. The second-order valence-corrected chi connectivity index (χ2v) is 4.33. The van der Waals surface area contributed by atoms with Gasteiger partial charge < -0.3 is 19.6 Å². The first-order chi connectivity index (χ1) is 10.5. The van der Waals surface area contributed by atoms with Crippen molar-refractivity contribution in [3.63, 3.8) is 0 Å². The molecular weight excluding hydrogens is 292 g/mol. The van der Waals surface area contributed by atoms with Gasteiger partial charge in [0.05, 0.1) is 6.61 Å². The van der Waals surface area contributed by atoms with Gasteiger partial charge in [-0.25, -0.2) is 9.59 Å². The maximum atomic E-state index is 12.0. The molecule has 0 saturated carbocycles. The van der Waals surface area contributed by atoms with Crippen molar-refractivity contribution in [1.82, 2.24) is 5.32 Å². The largest absolute Gasteiger partial charge is 0.450 e. The summed E-state index contributed by atoms with van der Waals surface area (Å²) in [4.78, 5) is 33.8. The summed E-state index contributed by atoms with van der Waals surface area (Å²) in [5.41, 5.74) is 5.81. The number of primary amides is 1. The minimum atomic E-state index is -1.02. The Balaban J connectivity index is 2.18. The third-order valence-corrected chi connectivity index (χ3v) is 2.77. The van der Waals surface area contributed by atoms with Crippen LogP contribution in [-0.4, -0.2) is 31.6 Å². The minimum Gasteiger partial charge on any atom is -0.450 e. The third kappa shape index (κ3) is 3.41. The summed E-state index contributed by atoms with van der Waals surface area (Å²) in [5.74, 6) is -1.71. The topological polar surface area (TPSA) is 121 Å². The summed E-state index contributed by atoms with van der Waals surface area (Å²) >= 11 is 0. The molecule has 3 N–H and O–H groups in total. The van der Waals surface area contributed by atoms with Crippen LogP contribution >= 0.6 is 0 Å². The quantitative estimate of drug-likeness (QED) is 0.793. The Hall–Kier alpha value is -2.87. The smallest absolute Gasteiger partial charge is 0.375 e. The van der Waals surface area contributed by atoms with E-state index in [0.717, 1.165) is 5.39 Å². The van der Waals surface area contributed by atoms with E-state index in [9.17, 15) is 14.4 Å². The zero-order valence-corrected chi connectivity index (χ0v) is 11.8. The second kappa shape index (κ2) is 6.72. The molecule has 22 heavy (non-hydrogen) atoms. The Morgan fingerprint density at radius 1 is 1.27 bits per heavy atom. The lowest BCUT2D eigenvalue weighted by molar-refractivity contribution is -0.123. The van der Waals surface area contributed by atoms with E-state index in [4.69, 9.17) is 19.6 Å². The van der Waals surface area contributed by atoms with E-state index >= 15 is 0 Å². The zero-order valence-electron chi connectivity index (χ0n) is 11.8. The fourth-order valence-corrected chi connectivity index (χ4v) is 1.92. The van der Waals surface area contributed by atoms with Crippen molar-refractivity contribution in [1.29, 1.82) is 0 Å². The number of benzene rings is 1. The molecule has 116 valence electrons. The molecule has 8 heteroatoms. The molecule has 0 radical (unpaired) electrons. The Morgan fingerprint density at radius 3 is 2.68 bits per heavy atom. The average molecular weight is 306 g/mol. The molecule has 0 aliphatic rings. The molecular formula is C14H14N2O6. The number of carbonyl (C=O) groups excluding carboxylic acids is 3. The van der Waals surface area contributed by atoms with Crippen LogP contribution in [-0.2, 0) is 20.9 Å². The number of fused-ring (bicyclic) bond motifs is 1. The number of esters is 1. The molecule has 2 rings (SSSR count). The van der Waals surface area contributed by atoms with Crippen LogP contribution in [0.25, 0.3) is 11.0 Å². The van der Waals surface area contributed by atoms with Gasteiger partial charge in [0, 0.05) is 18.1 Å². The number of ether oxygens (including phenoxy) is 2. The summed E-state index contributed by atoms with van der Waals surface area (Å²) < 4.78 is 15.3. The van der Waals surface area contributed by atoms with Crippen LogP contribution in [0, 0.1) is 0 Å². The highest BCUT2D eigenvalue weighted by molar-refractivity contribution is 5.98. The van der Waals surface area contributed by atoms with Crippen molar-refractivity contribution in [2.75, 3.05) is 13.7 Å². The zero-order chi connectivity index (χ0) is 16.1. The van der Waals surface area contributed by atoms with Crippen LogP contribution in [0.4, 0.5) is 4.79 Å². The molecule has 2 aromatic rings. The first-order valence-corrected chi connectivity index (χ1v) is 6.28. The van der Waals surface area contributed by atoms with Crippen molar-refractivity contribution < 1.29 is 28.3 Å². The maximum absolute atomic E-state index is 12.0. The van der Waals surface area contributed by atoms with E-state index in [1.54, 1.807) is 29.6 Å². The van der Waals surface area contributed by atoms with Crippen molar-refractivity contribution in [3.8, 4) is 0 Å². The molecule has 0 bridgehead atoms. The molecule has 1 aromatic heterocycles. The first-order valence-electron chi connectivity index (χ1n) is 6.28. The Bertz CT molecular complexity index is 721. The van der Waals surface area contributed by atoms with Gasteiger partial charge in [-0.1, -0.05) is 18.2 Å². The number of imide groups is 1. The maximum Gasteiger partial charge on any atom is 0.375 e. The van der Waals surface area contributed by atoms with E-state index in [-0.39, 0.29) is 12.4 Å². The number of hydrogen-bond acceptors (Lipinski definition) is 6. The summed E-state index contributed by atoms with van der Waals surface area (Å²) in [5, 5.41) is 2.50. The molecule has 0 aliphatic heterocycles. The molecule has 0 aliphatic carbocycles. The van der Waals surface area contributed by atoms with Gasteiger partial charge in [0.1, 0.15) is 5.58 Å². The van der Waals surface area contributed by atoms with E-state index in [1.165, 1.54) is 7.11 Å². The summed E-state index contributed by atoms with van der Waals surface area (Å²) in [6.07, 6.45) is 0.